The van der Waals surface area contributed by atoms with E-state index in [1.807, 2.05) is 31.1 Å². The molecule has 164 valence electrons. The molecule has 0 aliphatic heterocycles. The number of hydrogen-bond acceptors (Lipinski definition) is 7. The normalized spacial score (nSPS) is 11.9. The summed E-state index contributed by atoms with van der Waals surface area (Å²) in [5.41, 5.74) is 11.2. The molecular weight excluding hydrogens is 421 g/mol. The molecule has 0 saturated heterocycles. The highest BCUT2D eigenvalue weighted by molar-refractivity contribution is 5.97. The molecule has 0 spiro atoms. The zero-order chi connectivity index (χ0) is 23.1. The van der Waals surface area contributed by atoms with Gasteiger partial charge in [-0.2, -0.15) is 5.10 Å². The minimum Gasteiger partial charge on any atom is -0.397 e. The molecule has 0 aliphatic rings. The number of aromatic amines is 2. The predicted octanol–water partition coefficient (Wildman–Crippen LogP) is 4.28. The summed E-state index contributed by atoms with van der Waals surface area (Å²) in [6.07, 6.45) is 6.63. The number of rotatable bonds is 5. The van der Waals surface area contributed by atoms with Gasteiger partial charge in [-0.05, 0) is 31.8 Å². The number of nitrogen functional groups attached to an aromatic ring is 1. The van der Waals surface area contributed by atoms with Crippen molar-refractivity contribution in [3.8, 4) is 22.6 Å². The summed E-state index contributed by atoms with van der Waals surface area (Å²) in [5.74, 6) is 0.105. The quantitative estimate of drug-likeness (QED) is 0.350. The second-order valence-electron chi connectivity index (χ2n) is 7.61. The molecule has 9 nitrogen and oxygen atoms in total. The average molecular weight is 441 g/mol. The summed E-state index contributed by atoms with van der Waals surface area (Å²) in [4.78, 5) is 22.2. The Labute approximate surface area is 187 Å². The molecule has 5 rings (SSSR count). The molecular formula is C23H20FN9. The highest BCUT2D eigenvalue weighted by Gasteiger charge is 2.18. The molecule has 0 unspecified atom stereocenters. The van der Waals surface area contributed by atoms with Crippen molar-refractivity contribution in [1.82, 2.24) is 30.1 Å². The van der Waals surface area contributed by atoms with Gasteiger partial charge in [0.1, 0.15) is 17.0 Å². The topological polar surface area (TPSA) is 125 Å². The summed E-state index contributed by atoms with van der Waals surface area (Å²) >= 11 is 0. The van der Waals surface area contributed by atoms with E-state index < -0.39 is 5.82 Å². The first-order valence-corrected chi connectivity index (χ1v) is 10.1. The van der Waals surface area contributed by atoms with Gasteiger partial charge in [-0.15, -0.1) is 0 Å². The number of aromatic nitrogens is 6. The summed E-state index contributed by atoms with van der Waals surface area (Å²) in [6.45, 7) is 5.41. The number of halogens is 1. The minimum absolute atomic E-state index is 0.372. The molecule has 0 aliphatic carbocycles. The molecule has 10 heteroatoms. The Kier molecular flexibility index (Phi) is 4.82. The van der Waals surface area contributed by atoms with Crippen molar-refractivity contribution in [2.75, 3.05) is 17.7 Å². The van der Waals surface area contributed by atoms with Crippen LogP contribution in [0.3, 0.4) is 0 Å². The van der Waals surface area contributed by atoms with Gasteiger partial charge in [0.05, 0.1) is 22.6 Å². The van der Waals surface area contributed by atoms with Crippen molar-refractivity contribution in [3.63, 3.8) is 0 Å². The van der Waals surface area contributed by atoms with Crippen LogP contribution in [0.15, 0.2) is 59.7 Å². The number of pyridine rings is 2. The summed E-state index contributed by atoms with van der Waals surface area (Å²) in [7, 11) is 1.91. The first-order valence-electron chi connectivity index (χ1n) is 10.1. The lowest BCUT2D eigenvalue weighted by Gasteiger charge is -2.15. The van der Waals surface area contributed by atoms with E-state index >= 15 is 0 Å². The zero-order valence-corrected chi connectivity index (χ0v) is 18.0. The fourth-order valence-electron chi connectivity index (χ4n) is 3.74. The maximum Gasteiger partial charge on any atom is 0.180 e. The number of nitrogens with two attached hydrogens (primary N) is 1. The molecule has 0 atom stereocenters. The van der Waals surface area contributed by atoms with Crippen molar-refractivity contribution < 1.29 is 4.39 Å². The van der Waals surface area contributed by atoms with Gasteiger partial charge in [-0.1, -0.05) is 0 Å². The monoisotopic (exact) mass is 441 g/mol. The Morgan fingerprint density at radius 1 is 1.27 bits per heavy atom. The second kappa shape index (κ2) is 7.83. The van der Waals surface area contributed by atoms with E-state index in [1.54, 1.807) is 24.5 Å². The Morgan fingerprint density at radius 2 is 2.12 bits per heavy atom. The average Bonchev–Trinajstić information content (AvgIpc) is 3.41. The minimum atomic E-state index is -0.404. The molecule has 0 amide bonds. The number of anilines is 2. The van der Waals surface area contributed by atoms with E-state index in [0.717, 1.165) is 16.9 Å². The third-order valence-electron chi connectivity index (χ3n) is 5.33. The summed E-state index contributed by atoms with van der Waals surface area (Å²) < 4.78 is 14.8. The largest absolute Gasteiger partial charge is 0.397 e. The summed E-state index contributed by atoms with van der Waals surface area (Å²) in [6, 6.07) is 6.67. The van der Waals surface area contributed by atoms with Gasteiger partial charge in [0.25, 0.3) is 0 Å². The number of imidazole rings is 1. The van der Waals surface area contributed by atoms with Crippen LogP contribution in [0.5, 0.6) is 0 Å². The van der Waals surface area contributed by atoms with Crippen LogP contribution in [0.25, 0.3) is 44.7 Å². The van der Waals surface area contributed by atoms with Crippen molar-refractivity contribution in [3.05, 3.63) is 60.6 Å². The first kappa shape index (κ1) is 20.3. The molecule has 33 heavy (non-hydrogen) atoms. The Hall–Kier alpha value is -4.60. The van der Waals surface area contributed by atoms with Gasteiger partial charge in [0, 0.05) is 54.4 Å². The van der Waals surface area contributed by atoms with Gasteiger partial charge < -0.3 is 15.6 Å². The lowest BCUT2D eigenvalue weighted by Crippen LogP contribution is -2.09. The van der Waals surface area contributed by atoms with Crippen molar-refractivity contribution >= 4 is 40.2 Å². The van der Waals surface area contributed by atoms with Crippen molar-refractivity contribution in [1.29, 1.82) is 0 Å². The van der Waals surface area contributed by atoms with Crippen LogP contribution in [0.2, 0.25) is 0 Å². The third-order valence-corrected chi connectivity index (χ3v) is 5.33. The number of hydrogen-bond donors (Lipinski definition) is 3. The van der Waals surface area contributed by atoms with Crippen LogP contribution in [0.1, 0.15) is 6.92 Å². The number of H-pyrrole nitrogens is 2. The van der Waals surface area contributed by atoms with Gasteiger partial charge >= 0.3 is 0 Å². The molecule has 4 heterocycles. The van der Waals surface area contributed by atoms with Gasteiger partial charge in [0.2, 0.25) is 0 Å². The first-order chi connectivity index (χ1) is 15.9. The Bertz CT molecular complexity index is 1550. The Balaban J connectivity index is 1.65. The molecule has 0 radical (unpaired) electrons. The van der Waals surface area contributed by atoms with E-state index in [0.29, 0.717) is 44.9 Å². The fourth-order valence-corrected chi connectivity index (χ4v) is 3.74. The van der Waals surface area contributed by atoms with Crippen LogP contribution in [-0.2, 0) is 0 Å². The number of nitrogens with zero attached hydrogens (tertiary/aromatic N) is 6. The summed E-state index contributed by atoms with van der Waals surface area (Å²) in [5, 5.41) is 7.97. The van der Waals surface area contributed by atoms with Crippen LogP contribution in [-0.4, -0.2) is 43.9 Å². The predicted molar refractivity (Wildman–Crippen MR) is 128 cm³/mol. The third kappa shape index (κ3) is 3.57. The van der Waals surface area contributed by atoms with Gasteiger partial charge in [0.15, 0.2) is 11.5 Å². The maximum atomic E-state index is 14.8. The van der Waals surface area contributed by atoms with Crippen molar-refractivity contribution in [2.45, 2.75) is 6.92 Å². The maximum absolute atomic E-state index is 14.8. The number of nitrogens with one attached hydrogen (secondary N) is 2. The molecule has 5 aromatic rings. The van der Waals surface area contributed by atoms with E-state index in [2.05, 4.69) is 41.8 Å². The highest BCUT2D eigenvalue weighted by Crippen LogP contribution is 2.33. The SMILES string of the molecule is C=N/C(C)=C\N(C)c1ccnc2nc(-c3n[nH]c4cc(F)c(-c5cncc(N)c5)cc34)[nH]c12. The lowest BCUT2D eigenvalue weighted by atomic mass is 10.0. The molecule has 1 aromatic carbocycles. The van der Waals surface area contributed by atoms with E-state index in [4.69, 9.17) is 5.73 Å². The number of fused-ring (bicyclic) bond motifs is 2. The van der Waals surface area contributed by atoms with Crippen LogP contribution in [0.4, 0.5) is 15.8 Å². The molecule has 0 bridgehead atoms. The lowest BCUT2D eigenvalue weighted by molar-refractivity contribution is 0.633. The fraction of sp³-hybridized carbons (Fsp3) is 0.0870. The second-order valence-corrected chi connectivity index (χ2v) is 7.61. The van der Waals surface area contributed by atoms with Crippen molar-refractivity contribution in [2.24, 2.45) is 4.99 Å². The zero-order valence-electron chi connectivity index (χ0n) is 18.0. The van der Waals surface area contributed by atoms with Crippen LogP contribution in [0, 0.1) is 5.82 Å². The number of allylic oxidation sites excluding steroid dienone is 1. The van der Waals surface area contributed by atoms with Gasteiger partial charge in [-0.25, -0.2) is 14.4 Å². The van der Waals surface area contributed by atoms with E-state index in [9.17, 15) is 4.39 Å². The van der Waals surface area contributed by atoms with E-state index in [-0.39, 0.29) is 0 Å². The molecule has 4 aromatic heterocycles. The smallest absolute Gasteiger partial charge is 0.180 e. The highest BCUT2D eigenvalue weighted by atomic mass is 19.1. The Morgan fingerprint density at radius 3 is 2.91 bits per heavy atom. The molecule has 4 N–H and O–H groups in total. The van der Waals surface area contributed by atoms with Gasteiger partial charge in [-0.3, -0.25) is 15.1 Å². The number of aliphatic imine (C=N–C) groups is 1. The molecule has 0 saturated carbocycles. The van der Waals surface area contributed by atoms with Crippen LogP contribution >= 0.6 is 0 Å². The van der Waals surface area contributed by atoms with E-state index in [1.165, 1.54) is 12.3 Å². The van der Waals surface area contributed by atoms with Crippen LogP contribution < -0.4 is 10.6 Å². The molecule has 0 fully saturated rings. The number of benzene rings is 1. The standard InChI is InChI=1S/C23H20FN9/c1-12(26-2)11-33(3)19-4-5-28-22-21(19)29-23(30-22)20-16-7-15(13-6-14(25)10-27-9-13)17(24)8-18(16)31-32-20/h4-11H,2,25H2,1,3H3,(H,31,32)(H,28,29,30)/b12-11-.